The fraction of sp³-hybridized carbons (Fsp3) is 0.412. The molecule has 1 amide bonds. The number of fused-ring (bicyclic) bond motifs is 1. The van der Waals surface area contributed by atoms with Crippen molar-refractivity contribution in [1.29, 1.82) is 0 Å². The lowest BCUT2D eigenvalue weighted by molar-refractivity contribution is 0.0633. The number of hydrogen-bond donors (Lipinski definition) is 0. The molecule has 0 radical (unpaired) electrons. The van der Waals surface area contributed by atoms with E-state index in [0.29, 0.717) is 24.1 Å². The molecule has 2 aromatic rings. The lowest BCUT2D eigenvalue weighted by atomic mass is 10.1. The van der Waals surface area contributed by atoms with Crippen molar-refractivity contribution in [2.24, 2.45) is 0 Å². The summed E-state index contributed by atoms with van der Waals surface area (Å²) in [6.07, 6.45) is 0. The van der Waals surface area contributed by atoms with Gasteiger partial charge in [0.25, 0.3) is 5.91 Å². The van der Waals surface area contributed by atoms with Crippen molar-refractivity contribution in [3.63, 3.8) is 0 Å². The highest BCUT2D eigenvalue weighted by molar-refractivity contribution is 5.93. The second-order valence-corrected chi connectivity index (χ2v) is 6.00. The first-order valence-electron chi connectivity index (χ1n) is 7.48. The van der Waals surface area contributed by atoms with E-state index in [1.165, 1.54) is 6.07 Å². The van der Waals surface area contributed by atoms with E-state index in [0.717, 1.165) is 24.2 Å². The Bertz CT molecular complexity index is 786. The topological polar surface area (TPSA) is 53.8 Å². The van der Waals surface area contributed by atoms with Gasteiger partial charge in [0.2, 0.25) is 0 Å². The molecule has 22 heavy (non-hydrogen) atoms. The Labute approximate surface area is 129 Å². The predicted molar refractivity (Wildman–Crippen MR) is 85.4 cm³/mol. The maximum atomic E-state index is 12.5. The van der Waals surface area contributed by atoms with Crippen LogP contribution in [0.4, 0.5) is 0 Å². The number of amides is 1. The normalized spacial score (nSPS) is 16.2. The maximum absolute atomic E-state index is 12.5. The van der Waals surface area contributed by atoms with E-state index in [1.54, 1.807) is 4.90 Å². The highest BCUT2D eigenvalue weighted by Gasteiger charge is 2.23. The smallest absolute Gasteiger partial charge is 0.289 e. The zero-order chi connectivity index (χ0) is 15.9. The van der Waals surface area contributed by atoms with Crippen LogP contribution >= 0.6 is 0 Å². The van der Waals surface area contributed by atoms with Crippen LogP contribution in [0, 0.1) is 13.8 Å². The van der Waals surface area contributed by atoms with Gasteiger partial charge in [-0.2, -0.15) is 0 Å². The molecule has 116 valence electrons. The summed E-state index contributed by atoms with van der Waals surface area (Å²) in [7, 11) is 2.03. The number of benzene rings is 1. The van der Waals surface area contributed by atoms with Gasteiger partial charge in [-0.15, -0.1) is 0 Å². The first-order chi connectivity index (χ1) is 10.5. The fourth-order valence-electron chi connectivity index (χ4n) is 2.68. The highest BCUT2D eigenvalue weighted by atomic mass is 16.3. The molecule has 5 nitrogen and oxygen atoms in total. The van der Waals surface area contributed by atoms with Gasteiger partial charge >= 0.3 is 0 Å². The third kappa shape index (κ3) is 2.64. The van der Waals surface area contributed by atoms with E-state index >= 15 is 0 Å². The molecule has 1 aromatic heterocycles. The number of carbonyl (C=O) groups excluding carboxylic acids is 1. The number of rotatable bonds is 1. The van der Waals surface area contributed by atoms with E-state index in [2.05, 4.69) is 4.90 Å². The number of likely N-dealkylation sites (N-methyl/N-ethyl adjacent to an activating group) is 1. The van der Waals surface area contributed by atoms with Gasteiger partial charge in [-0.1, -0.05) is 0 Å². The summed E-state index contributed by atoms with van der Waals surface area (Å²) in [5, 5.41) is 0.526. The molecule has 1 saturated heterocycles. The third-order valence-electron chi connectivity index (χ3n) is 4.34. The van der Waals surface area contributed by atoms with Crippen LogP contribution in [-0.2, 0) is 0 Å². The Morgan fingerprint density at radius 2 is 1.68 bits per heavy atom. The molecule has 0 N–H and O–H groups in total. The lowest BCUT2D eigenvalue weighted by Gasteiger charge is -2.31. The van der Waals surface area contributed by atoms with E-state index in [1.807, 2.05) is 33.0 Å². The Morgan fingerprint density at radius 3 is 2.36 bits per heavy atom. The first-order valence-corrected chi connectivity index (χ1v) is 7.48. The van der Waals surface area contributed by atoms with Crippen LogP contribution < -0.4 is 5.43 Å². The largest absolute Gasteiger partial charge is 0.451 e. The molecular weight excluding hydrogens is 280 g/mol. The minimum atomic E-state index is -0.203. The molecule has 0 spiro atoms. The van der Waals surface area contributed by atoms with E-state index < -0.39 is 0 Å². The minimum Gasteiger partial charge on any atom is -0.451 e. The summed E-state index contributed by atoms with van der Waals surface area (Å²) in [5.41, 5.74) is 2.40. The monoisotopic (exact) mass is 300 g/mol. The Hall–Kier alpha value is -2.14. The maximum Gasteiger partial charge on any atom is 0.289 e. The van der Waals surface area contributed by atoms with Crippen molar-refractivity contribution in [2.45, 2.75) is 13.8 Å². The molecule has 1 fully saturated rings. The van der Waals surface area contributed by atoms with Crippen LogP contribution in [-0.4, -0.2) is 48.9 Å². The van der Waals surface area contributed by atoms with Crippen molar-refractivity contribution >= 4 is 16.9 Å². The minimum absolute atomic E-state index is 0.130. The summed E-state index contributed by atoms with van der Waals surface area (Å²) in [6, 6.07) is 4.96. The number of nitrogens with zero attached hydrogens (tertiary/aromatic N) is 2. The molecular formula is C17H20N2O3. The van der Waals surface area contributed by atoms with Crippen molar-refractivity contribution in [3.8, 4) is 0 Å². The molecule has 0 bridgehead atoms. The van der Waals surface area contributed by atoms with Crippen LogP contribution in [0.25, 0.3) is 11.0 Å². The summed E-state index contributed by atoms with van der Waals surface area (Å²) in [6.45, 7) is 6.90. The van der Waals surface area contributed by atoms with Gasteiger partial charge in [-0.05, 0) is 44.2 Å². The number of piperazine rings is 1. The molecule has 2 heterocycles. The Balaban J connectivity index is 1.99. The molecule has 0 saturated carbocycles. The number of aryl methyl sites for hydroxylation is 2. The molecule has 1 aliphatic heterocycles. The third-order valence-corrected chi connectivity index (χ3v) is 4.34. The van der Waals surface area contributed by atoms with E-state index in [4.69, 9.17) is 4.42 Å². The van der Waals surface area contributed by atoms with Crippen LogP contribution in [0.1, 0.15) is 21.7 Å². The van der Waals surface area contributed by atoms with Gasteiger partial charge in [0.1, 0.15) is 5.58 Å². The average Bonchev–Trinajstić information content (AvgIpc) is 2.49. The molecule has 0 aliphatic carbocycles. The van der Waals surface area contributed by atoms with Crippen molar-refractivity contribution in [3.05, 3.63) is 45.3 Å². The van der Waals surface area contributed by atoms with Gasteiger partial charge in [0.15, 0.2) is 11.2 Å². The van der Waals surface area contributed by atoms with Crippen molar-refractivity contribution in [1.82, 2.24) is 9.80 Å². The first kappa shape index (κ1) is 14.8. The SMILES string of the molecule is Cc1cc2oc(C(=O)N3CCN(C)CC3)cc(=O)c2cc1C. The van der Waals surface area contributed by atoms with Crippen LogP contribution in [0.5, 0.6) is 0 Å². The van der Waals surface area contributed by atoms with Crippen LogP contribution in [0.2, 0.25) is 0 Å². The summed E-state index contributed by atoms with van der Waals surface area (Å²) >= 11 is 0. The summed E-state index contributed by atoms with van der Waals surface area (Å²) < 4.78 is 5.72. The Morgan fingerprint density at radius 1 is 1.05 bits per heavy atom. The molecule has 0 atom stereocenters. The fourth-order valence-corrected chi connectivity index (χ4v) is 2.68. The quantitative estimate of drug-likeness (QED) is 0.806. The lowest BCUT2D eigenvalue weighted by Crippen LogP contribution is -2.47. The Kier molecular flexibility index (Phi) is 3.74. The van der Waals surface area contributed by atoms with Crippen LogP contribution in [0.15, 0.2) is 27.4 Å². The van der Waals surface area contributed by atoms with E-state index in [-0.39, 0.29) is 17.1 Å². The van der Waals surface area contributed by atoms with Crippen LogP contribution in [0.3, 0.4) is 0 Å². The van der Waals surface area contributed by atoms with Gasteiger partial charge in [-0.25, -0.2) is 0 Å². The predicted octanol–water partition coefficient (Wildman–Crippen LogP) is 1.80. The molecule has 5 heteroatoms. The molecule has 0 unspecified atom stereocenters. The summed E-state index contributed by atoms with van der Waals surface area (Å²) in [4.78, 5) is 28.7. The number of carbonyl (C=O) groups is 1. The highest BCUT2D eigenvalue weighted by Crippen LogP contribution is 2.19. The zero-order valence-corrected chi connectivity index (χ0v) is 13.2. The van der Waals surface area contributed by atoms with Gasteiger partial charge in [-0.3, -0.25) is 9.59 Å². The average molecular weight is 300 g/mol. The van der Waals surface area contributed by atoms with Gasteiger partial charge in [0.05, 0.1) is 5.39 Å². The number of hydrogen-bond acceptors (Lipinski definition) is 4. The second kappa shape index (κ2) is 5.57. The van der Waals surface area contributed by atoms with E-state index in [9.17, 15) is 9.59 Å². The van der Waals surface area contributed by atoms with Gasteiger partial charge in [0, 0.05) is 32.2 Å². The van der Waals surface area contributed by atoms with Crippen molar-refractivity contribution < 1.29 is 9.21 Å². The van der Waals surface area contributed by atoms with Crippen molar-refractivity contribution in [2.75, 3.05) is 33.2 Å². The zero-order valence-electron chi connectivity index (χ0n) is 13.2. The van der Waals surface area contributed by atoms with Gasteiger partial charge < -0.3 is 14.2 Å². The molecule has 1 aromatic carbocycles. The molecule has 1 aliphatic rings. The standard InChI is InChI=1S/C17H20N2O3/c1-11-8-13-14(20)10-16(22-15(13)9-12(11)2)17(21)19-6-4-18(3)5-7-19/h8-10H,4-7H2,1-3H3. The molecule has 3 rings (SSSR count). The second-order valence-electron chi connectivity index (χ2n) is 6.00. The summed E-state index contributed by atoms with van der Waals surface area (Å²) in [5.74, 6) is -0.0735.